The second-order valence-corrected chi connectivity index (χ2v) is 5.04. The molecule has 1 aromatic heterocycles. The first-order chi connectivity index (χ1) is 9.27. The summed E-state index contributed by atoms with van der Waals surface area (Å²) in [6.07, 6.45) is 3.01. The molecule has 0 aliphatic rings. The fourth-order valence-corrected chi connectivity index (χ4v) is 2.18. The van der Waals surface area contributed by atoms with Crippen LogP contribution < -0.4 is 5.32 Å². The van der Waals surface area contributed by atoms with Gasteiger partial charge in [0.25, 0.3) is 0 Å². The molecule has 0 saturated heterocycles. The third kappa shape index (κ3) is 4.18. The number of aromatic nitrogens is 1. The van der Waals surface area contributed by atoms with Crippen LogP contribution in [0.25, 0.3) is 0 Å². The minimum atomic E-state index is 0.596. The lowest BCUT2D eigenvalue weighted by Crippen LogP contribution is -2.18. The Morgan fingerprint density at radius 2 is 1.89 bits per heavy atom. The summed E-state index contributed by atoms with van der Waals surface area (Å²) in [5, 5.41) is 3.48. The summed E-state index contributed by atoms with van der Waals surface area (Å²) < 4.78 is 0. The first-order valence-electron chi connectivity index (χ1n) is 6.93. The zero-order valence-corrected chi connectivity index (χ0v) is 11.8. The monoisotopic (exact) mass is 254 g/mol. The maximum absolute atomic E-state index is 4.39. The molecule has 2 rings (SSSR count). The summed E-state index contributed by atoms with van der Waals surface area (Å²) in [6, 6.07) is 14.8. The molecule has 1 atom stereocenters. The van der Waals surface area contributed by atoms with Gasteiger partial charge in [-0.2, -0.15) is 0 Å². The highest BCUT2D eigenvalue weighted by atomic mass is 14.9. The predicted molar refractivity (Wildman–Crippen MR) is 80.2 cm³/mol. The molecule has 1 unspecified atom stereocenters. The fraction of sp³-hybridized carbons (Fsp3) is 0.353. The van der Waals surface area contributed by atoms with E-state index >= 15 is 0 Å². The molecule has 0 aliphatic carbocycles. The molecule has 1 aromatic carbocycles. The third-order valence-corrected chi connectivity index (χ3v) is 3.53. The van der Waals surface area contributed by atoms with Gasteiger partial charge in [-0.25, -0.2) is 0 Å². The fourth-order valence-electron chi connectivity index (χ4n) is 2.18. The van der Waals surface area contributed by atoms with Crippen molar-refractivity contribution < 1.29 is 0 Å². The van der Waals surface area contributed by atoms with Crippen molar-refractivity contribution in [3.05, 3.63) is 65.5 Å². The molecular weight excluding hydrogens is 232 g/mol. The molecule has 0 bridgehead atoms. The Hall–Kier alpha value is -1.67. The SMILES string of the molecule is Cc1cccnc1CNCCC(C)c1ccccc1. The van der Waals surface area contributed by atoms with Crippen molar-refractivity contribution in [3.63, 3.8) is 0 Å². The molecule has 2 heteroatoms. The second kappa shape index (κ2) is 7.05. The van der Waals surface area contributed by atoms with Crippen LogP contribution in [-0.2, 0) is 6.54 Å². The Morgan fingerprint density at radius 3 is 2.63 bits per heavy atom. The zero-order valence-electron chi connectivity index (χ0n) is 11.8. The molecule has 19 heavy (non-hydrogen) atoms. The molecule has 1 N–H and O–H groups in total. The van der Waals surface area contributed by atoms with Gasteiger partial charge in [-0.05, 0) is 43.0 Å². The van der Waals surface area contributed by atoms with Crippen molar-refractivity contribution in [1.82, 2.24) is 10.3 Å². The highest BCUT2D eigenvalue weighted by Gasteiger charge is 2.04. The van der Waals surface area contributed by atoms with E-state index < -0.39 is 0 Å². The maximum Gasteiger partial charge on any atom is 0.0570 e. The number of benzene rings is 1. The smallest absolute Gasteiger partial charge is 0.0570 e. The number of hydrogen-bond donors (Lipinski definition) is 1. The Kier molecular flexibility index (Phi) is 5.10. The molecule has 0 fully saturated rings. The lowest BCUT2D eigenvalue weighted by atomic mass is 9.98. The minimum Gasteiger partial charge on any atom is -0.311 e. The molecular formula is C17H22N2. The van der Waals surface area contributed by atoms with Crippen LogP contribution in [0.5, 0.6) is 0 Å². The summed E-state index contributed by atoms with van der Waals surface area (Å²) in [4.78, 5) is 4.39. The van der Waals surface area contributed by atoms with Crippen LogP contribution in [0.1, 0.15) is 36.1 Å². The Balaban J connectivity index is 1.74. The number of hydrogen-bond acceptors (Lipinski definition) is 2. The molecule has 0 amide bonds. The molecule has 0 radical (unpaired) electrons. The normalized spacial score (nSPS) is 12.3. The number of aryl methyl sites for hydroxylation is 1. The number of pyridine rings is 1. The van der Waals surface area contributed by atoms with Crippen molar-refractivity contribution in [2.24, 2.45) is 0 Å². The molecule has 1 heterocycles. The second-order valence-electron chi connectivity index (χ2n) is 5.04. The summed E-state index contributed by atoms with van der Waals surface area (Å²) in [7, 11) is 0. The van der Waals surface area contributed by atoms with Gasteiger partial charge in [-0.1, -0.05) is 43.3 Å². The number of nitrogens with one attached hydrogen (secondary N) is 1. The highest BCUT2D eigenvalue weighted by Crippen LogP contribution is 2.17. The summed E-state index contributed by atoms with van der Waals surface area (Å²) >= 11 is 0. The summed E-state index contributed by atoms with van der Waals surface area (Å²) in [6.45, 7) is 6.26. The lowest BCUT2D eigenvalue weighted by Gasteiger charge is -2.12. The predicted octanol–water partition coefficient (Wildman–Crippen LogP) is 3.67. The van der Waals surface area contributed by atoms with Crippen molar-refractivity contribution >= 4 is 0 Å². The maximum atomic E-state index is 4.39. The standard InChI is InChI=1S/C17H22N2/c1-14(16-8-4-3-5-9-16)10-12-18-13-17-15(2)7-6-11-19-17/h3-9,11,14,18H,10,12-13H2,1-2H3. The van der Waals surface area contributed by atoms with Crippen LogP contribution in [-0.4, -0.2) is 11.5 Å². The average Bonchev–Trinajstić information content (AvgIpc) is 2.46. The average molecular weight is 254 g/mol. The third-order valence-electron chi connectivity index (χ3n) is 3.53. The molecule has 0 saturated carbocycles. The zero-order chi connectivity index (χ0) is 13.5. The Bertz CT molecular complexity index is 494. The summed E-state index contributed by atoms with van der Waals surface area (Å²) in [5.74, 6) is 0.596. The van der Waals surface area contributed by atoms with E-state index in [0.29, 0.717) is 5.92 Å². The lowest BCUT2D eigenvalue weighted by molar-refractivity contribution is 0.588. The Morgan fingerprint density at radius 1 is 1.11 bits per heavy atom. The van der Waals surface area contributed by atoms with E-state index in [2.05, 4.69) is 60.5 Å². The van der Waals surface area contributed by atoms with Crippen LogP contribution in [0, 0.1) is 6.92 Å². The van der Waals surface area contributed by atoms with Gasteiger partial charge >= 0.3 is 0 Å². The van der Waals surface area contributed by atoms with E-state index in [-0.39, 0.29) is 0 Å². The molecule has 2 aromatic rings. The van der Waals surface area contributed by atoms with E-state index in [9.17, 15) is 0 Å². The largest absolute Gasteiger partial charge is 0.311 e. The first-order valence-corrected chi connectivity index (χ1v) is 6.93. The van der Waals surface area contributed by atoms with Crippen molar-refractivity contribution in [3.8, 4) is 0 Å². The van der Waals surface area contributed by atoms with Gasteiger partial charge in [0.1, 0.15) is 0 Å². The first kappa shape index (κ1) is 13.8. The summed E-state index contributed by atoms with van der Waals surface area (Å²) in [5.41, 5.74) is 3.82. The van der Waals surface area contributed by atoms with Crippen molar-refractivity contribution in [1.29, 1.82) is 0 Å². The Labute approximate surface area is 115 Å². The minimum absolute atomic E-state index is 0.596. The van der Waals surface area contributed by atoms with Crippen molar-refractivity contribution in [2.75, 3.05) is 6.54 Å². The molecule has 100 valence electrons. The van der Waals surface area contributed by atoms with Gasteiger partial charge in [0, 0.05) is 12.7 Å². The van der Waals surface area contributed by atoms with E-state index in [1.807, 2.05) is 12.3 Å². The van der Waals surface area contributed by atoms with Gasteiger partial charge in [0.2, 0.25) is 0 Å². The molecule has 0 aliphatic heterocycles. The quantitative estimate of drug-likeness (QED) is 0.796. The van der Waals surface area contributed by atoms with Gasteiger partial charge < -0.3 is 5.32 Å². The topological polar surface area (TPSA) is 24.9 Å². The van der Waals surface area contributed by atoms with E-state index in [0.717, 1.165) is 25.2 Å². The van der Waals surface area contributed by atoms with Crippen LogP contribution >= 0.6 is 0 Å². The highest BCUT2D eigenvalue weighted by molar-refractivity contribution is 5.19. The van der Waals surface area contributed by atoms with Gasteiger partial charge in [0.15, 0.2) is 0 Å². The van der Waals surface area contributed by atoms with Crippen LogP contribution in [0.4, 0.5) is 0 Å². The number of rotatable bonds is 6. The van der Waals surface area contributed by atoms with E-state index in [1.54, 1.807) is 0 Å². The van der Waals surface area contributed by atoms with E-state index in [1.165, 1.54) is 11.1 Å². The van der Waals surface area contributed by atoms with Crippen LogP contribution in [0.2, 0.25) is 0 Å². The molecule has 0 spiro atoms. The van der Waals surface area contributed by atoms with Crippen molar-refractivity contribution in [2.45, 2.75) is 32.7 Å². The van der Waals surface area contributed by atoms with Crippen LogP contribution in [0.3, 0.4) is 0 Å². The van der Waals surface area contributed by atoms with E-state index in [4.69, 9.17) is 0 Å². The van der Waals surface area contributed by atoms with Gasteiger partial charge in [-0.15, -0.1) is 0 Å². The van der Waals surface area contributed by atoms with Crippen LogP contribution in [0.15, 0.2) is 48.7 Å². The molecule has 2 nitrogen and oxygen atoms in total. The van der Waals surface area contributed by atoms with Gasteiger partial charge in [0.05, 0.1) is 5.69 Å². The van der Waals surface area contributed by atoms with Gasteiger partial charge in [-0.3, -0.25) is 4.98 Å². The number of nitrogens with zero attached hydrogens (tertiary/aromatic N) is 1.